The van der Waals surface area contributed by atoms with Crippen LogP contribution < -0.4 is 20.8 Å². The molecule has 2 heterocycles. The van der Waals surface area contributed by atoms with Crippen LogP contribution in [0.15, 0.2) is 17.1 Å². The summed E-state index contributed by atoms with van der Waals surface area (Å²) in [6, 6.07) is 1.07. The molecule has 3 aliphatic rings. The first-order valence-corrected chi connectivity index (χ1v) is 9.90. The van der Waals surface area contributed by atoms with Gasteiger partial charge >= 0.3 is 5.97 Å². The van der Waals surface area contributed by atoms with Crippen molar-refractivity contribution in [3.05, 3.63) is 33.9 Å². The zero-order valence-corrected chi connectivity index (χ0v) is 16.7. The Balaban J connectivity index is 0.000000626. The third-order valence-electron chi connectivity index (χ3n) is 6.24. The smallest absolute Gasteiger partial charge is 0.341 e. The van der Waals surface area contributed by atoms with Crippen LogP contribution in [0.3, 0.4) is 0 Å². The fourth-order valence-corrected chi connectivity index (χ4v) is 4.15. The first-order valence-electron chi connectivity index (χ1n) is 9.90. The standard InChI is InChI=1S/C18H20FN3O4.C3H6/c1-17(20)7-22(8-18(17)3-4-18)13-11(19)5-9-12(15(13)26-2)21-6-10(14(9)23)16(24)25;1-2-3-1/h5-6H,3-4,7-8,20H2,1-2H3,(H,21,23)(H,24,25);1-3H2/t17-;/m1./s1. The molecule has 1 aliphatic heterocycles. The Morgan fingerprint density at radius 1 is 1.31 bits per heavy atom. The summed E-state index contributed by atoms with van der Waals surface area (Å²) in [5.74, 6) is -1.82. The number of carboxylic acid groups (broad SMARTS) is 1. The van der Waals surface area contributed by atoms with E-state index in [2.05, 4.69) is 4.98 Å². The van der Waals surface area contributed by atoms with E-state index >= 15 is 0 Å². The van der Waals surface area contributed by atoms with Crippen molar-refractivity contribution in [3.8, 4) is 5.75 Å². The molecular formula is C21H26FN3O4. The van der Waals surface area contributed by atoms with E-state index in [0.717, 1.165) is 25.1 Å². The third-order valence-corrected chi connectivity index (χ3v) is 6.24. The van der Waals surface area contributed by atoms with Crippen LogP contribution in [0.25, 0.3) is 10.9 Å². The van der Waals surface area contributed by atoms with Crippen LogP contribution in [0, 0.1) is 11.2 Å². The lowest BCUT2D eigenvalue weighted by Gasteiger charge is -2.25. The number of aromatic amines is 1. The van der Waals surface area contributed by atoms with E-state index in [1.165, 1.54) is 26.4 Å². The SMILES string of the molecule is C1CC1.COc1c(N2CC3(CC3)[C@](C)(N)C2)c(F)cc2c(=O)c(C(=O)O)c[nH]c12. The van der Waals surface area contributed by atoms with Crippen LogP contribution in [0.1, 0.15) is 49.4 Å². The highest BCUT2D eigenvalue weighted by molar-refractivity contribution is 5.96. The summed E-state index contributed by atoms with van der Waals surface area (Å²) in [5.41, 5.74) is 5.33. The molecule has 1 saturated heterocycles. The number of benzene rings is 1. The van der Waals surface area contributed by atoms with Gasteiger partial charge in [-0.05, 0) is 25.8 Å². The Kier molecular flexibility index (Phi) is 4.57. The maximum atomic E-state index is 15.0. The molecule has 2 aliphatic carbocycles. The summed E-state index contributed by atoms with van der Waals surface area (Å²) in [7, 11) is 1.39. The number of nitrogens with one attached hydrogen (secondary N) is 1. The molecule has 1 spiro atoms. The molecule has 3 fully saturated rings. The lowest BCUT2D eigenvalue weighted by molar-refractivity contribution is 0.0695. The second-order valence-corrected chi connectivity index (χ2v) is 8.61. The molecule has 2 saturated carbocycles. The van der Waals surface area contributed by atoms with Gasteiger partial charge in [-0.3, -0.25) is 4.79 Å². The van der Waals surface area contributed by atoms with Crippen LogP contribution in [-0.2, 0) is 0 Å². The van der Waals surface area contributed by atoms with E-state index in [0.29, 0.717) is 13.1 Å². The molecule has 29 heavy (non-hydrogen) atoms. The first-order chi connectivity index (χ1) is 13.7. The lowest BCUT2D eigenvalue weighted by atomic mass is 9.87. The number of pyridine rings is 1. The van der Waals surface area contributed by atoms with Gasteiger partial charge in [0.05, 0.1) is 18.0 Å². The minimum Gasteiger partial charge on any atom is -0.492 e. The molecule has 5 rings (SSSR count). The van der Waals surface area contributed by atoms with Crippen molar-refractivity contribution in [1.29, 1.82) is 0 Å². The van der Waals surface area contributed by atoms with Crippen molar-refractivity contribution in [2.75, 3.05) is 25.1 Å². The number of halogens is 1. The Morgan fingerprint density at radius 2 is 1.97 bits per heavy atom. The summed E-state index contributed by atoms with van der Waals surface area (Å²) >= 11 is 0. The molecular weight excluding hydrogens is 377 g/mol. The molecule has 2 aromatic rings. The molecule has 0 bridgehead atoms. The quantitative estimate of drug-likeness (QED) is 0.727. The minimum atomic E-state index is -1.37. The van der Waals surface area contributed by atoms with Gasteiger partial charge in [-0.2, -0.15) is 0 Å². The van der Waals surface area contributed by atoms with Crippen LogP contribution in [0.4, 0.5) is 10.1 Å². The highest BCUT2D eigenvalue weighted by Gasteiger charge is 2.60. The average Bonchev–Trinajstić information content (AvgIpc) is 3.53. The largest absolute Gasteiger partial charge is 0.492 e. The first kappa shape index (κ1) is 19.7. The van der Waals surface area contributed by atoms with E-state index in [-0.39, 0.29) is 27.8 Å². The number of carboxylic acids is 1. The van der Waals surface area contributed by atoms with Gasteiger partial charge in [0.15, 0.2) is 11.6 Å². The van der Waals surface area contributed by atoms with Crippen LogP contribution in [-0.4, -0.2) is 41.8 Å². The summed E-state index contributed by atoms with van der Waals surface area (Å²) in [4.78, 5) is 28.2. The van der Waals surface area contributed by atoms with Gasteiger partial charge in [-0.1, -0.05) is 19.3 Å². The summed E-state index contributed by atoms with van der Waals surface area (Å²) < 4.78 is 20.4. The molecule has 1 aromatic carbocycles. The van der Waals surface area contributed by atoms with Gasteiger partial charge < -0.3 is 25.5 Å². The van der Waals surface area contributed by atoms with Crippen molar-refractivity contribution in [2.24, 2.45) is 11.1 Å². The maximum Gasteiger partial charge on any atom is 0.341 e. The molecule has 156 valence electrons. The van der Waals surface area contributed by atoms with Crippen molar-refractivity contribution in [3.63, 3.8) is 0 Å². The van der Waals surface area contributed by atoms with Crippen LogP contribution >= 0.6 is 0 Å². The number of carbonyl (C=O) groups is 1. The van der Waals surface area contributed by atoms with Gasteiger partial charge in [0, 0.05) is 30.2 Å². The second-order valence-electron chi connectivity index (χ2n) is 8.61. The van der Waals surface area contributed by atoms with Gasteiger partial charge in [-0.15, -0.1) is 0 Å². The average molecular weight is 403 g/mol. The summed E-state index contributed by atoms with van der Waals surface area (Å²) in [6.45, 7) is 3.08. The topological polar surface area (TPSA) is 109 Å². The zero-order valence-electron chi connectivity index (χ0n) is 16.7. The number of aromatic nitrogens is 1. The van der Waals surface area contributed by atoms with Gasteiger partial charge in [0.2, 0.25) is 5.43 Å². The molecule has 7 nitrogen and oxygen atoms in total. The van der Waals surface area contributed by atoms with E-state index in [4.69, 9.17) is 15.6 Å². The normalized spacial score (nSPS) is 23.7. The number of ether oxygens (including phenoxy) is 1. The number of hydrogen-bond donors (Lipinski definition) is 3. The molecule has 0 radical (unpaired) electrons. The Labute approximate surface area is 167 Å². The maximum absolute atomic E-state index is 15.0. The Hall–Kier alpha value is -2.61. The monoisotopic (exact) mass is 403 g/mol. The zero-order chi connectivity index (χ0) is 21.0. The second kappa shape index (κ2) is 6.73. The van der Waals surface area contributed by atoms with Crippen molar-refractivity contribution >= 4 is 22.6 Å². The highest BCUT2D eigenvalue weighted by atomic mass is 19.1. The predicted octanol–water partition coefficient (Wildman–Crippen LogP) is 2.86. The fraction of sp³-hybridized carbons (Fsp3) is 0.524. The molecule has 1 atom stereocenters. The Bertz CT molecular complexity index is 1030. The summed E-state index contributed by atoms with van der Waals surface area (Å²) in [5, 5.41) is 9.05. The van der Waals surface area contributed by atoms with Crippen molar-refractivity contribution in [2.45, 2.75) is 44.6 Å². The molecule has 8 heteroatoms. The minimum absolute atomic E-state index is 0.0139. The molecule has 0 unspecified atom stereocenters. The van der Waals surface area contributed by atoms with E-state index in [9.17, 15) is 14.0 Å². The number of nitrogens with two attached hydrogens (primary N) is 1. The number of aromatic carboxylic acids is 1. The summed E-state index contributed by atoms with van der Waals surface area (Å²) in [6.07, 6.45) is 7.62. The lowest BCUT2D eigenvalue weighted by Crippen LogP contribution is -2.45. The number of fused-ring (bicyclic) bond motifs is 1. The fourth-order valence-electron chi connectivity index (χ4n) is 4.15. The van der Waals surface area contributed by atoms with Gasteiger partial charge in [0.1, 0.15) is 11.3 Å². The predicted molar refractivity (Wildman–Crippen MR) is 108 cm³/mol. The number of H-pyrrole nitrogens is 1. The number of nitrogens with zero attached hydrogens (tertiary/aromatic N) is 1. The van der Waals surface area contributed by atoms with E-state index < -0.39 is 28.3 Å². The number of rotatable bonds is 3. The van der Waals surface area contributed by atoms with E-state index in [1.54, 1.807) is 0 Å². The molecule has 1 aromatic heterocycles. The number of anilines is 1. The third kappa shape index (κ3) is 3.25. The van der Waals surface area contributed by atoms with Gasteiger partial charge in [-0.25, -0.2) is 9.18 Å². The van der Waals surface area contributed by atoms with Crippen LogP contribution in [0.5, 0.6) is 5.75 Å². The Morgan fingerprint density at radius 3 is 2.45 bits per heavy atom. The van der Waals surface area contributed by atoms with Crippen molar-refractivity contribution in [1.82, 2.24) is 4.98 Å². The molecule has 0 amide bonds. The van der Waals surface area contributed by atoms with Crippen LogP contribution in [0.2, 0.25) is 0 Å². The van der Waals surface area contributed by atoms with Gasteiger partial charge in [0.25, 0.3) is 0 Å². The van der Waals surface area contributed by atoms with Crippen molar-refractivity contribution < 1.29 is 19.0 Å². The highest BCUT2D eigenvalue weighted by Crippen LogP contribution is 2.58. The number of methoxy groups -OCH3 is 1. The molecule has 4 N–H and O–H groups in total. The number of hydrogen-bond acceptors (Lipinski definition) is 5. The van der Waals surface area contributed by atoms with E-state index in [1.807, 2.05) is 11.8 Å².